The van der Waals surface area contributed by atoms with Crippen LogP contribution < -0.4 is 8.37 Å². The third-order valence-electron chi connectivity index (χ3n) is 3.91. The molecule has 29 heavy (non-hydrogen) atoms. The summed E-state index contributed by atoms with van der Waals surface area (Å²) in [5.74, 6) is -7.62. The van der Waals surface area contributed by atoms with Crippen LogP contribution in [0.4, 0.5) is 17.6 Å². The molecule has 0 bridgehead atoms. The molecule has 0 spiro atoms. The van der Waals surface area contributed by atoms with Gasteiger partial charge in [-0.3, -0.25) is 0 Å². The molecule has 160 valence electrons. The van der Waals surface area contributed by atoms with E-state index in [2.05, 4.69) is 8.37 Å². The van der Waals surface area contributed by atoms with Crippen molar-refractivity contribution < 1.29 is 42.8 Å². The number of hydrogen-bond acceptors (Lipinski definition) is 6. The molecule has 0 aliphatic rings. The van der Waals surface area contributed by atoms with Crippen LogP contribution in [0.25, 0.3) is 0 Å². The SMILES string of the molecule is CC(C)(c1cc(F)c(OS(C)(=O)=O)c(F)c1)c1cc(F)c(OS(C)(=O)=O)c(F)c1. The quantitative estimate of drug-likeness (QED) is 0.490. The minimum atomic E-state index is -4.20. The predicted octanol–water partition coefficient (Wildman–Crippen LogP) is 3.25. The summed E-state index contributed by atoms with van der Waals surface area (Å²) in [6, 6.07) is 3.06. The Labute approximate surface area is 165 Å². The summed E-state index contributed by atoms with van der Waals surface area (Å²) in [7, 11) is -8.39. The molecule has 0 aromatic heterocycles. The predicted molar refractivity (Wildman–Crippen MR) is 95.8 cm³/mol. The molecule has 2 aromatic carbocycles. The number of halogens is 4. The normalized spacial score (nSPS) is 12.7. The smallest absolute Gasteiger partial charge is 0.306 e. The van der Waals surface area contributed by atoms with E-state index in [-0.39, 0.29) is 11.1 Å². The lowest BCUT2D eigenvalue weighted by atomic mass is 9.78. The maximum Gasteiger partial charge on any atom is 0.306 e. The van der Waals surface area contributed by atoms with Crippen molar-refractivity contribution in [1.29, 1.82) is 0 Å². The number of benzene rings is 2. The highest BCUT2D eigenvalue weighted by atomic mass is 32.2. The molecule has 6 nitrogen and oxygen atoms in total. The van der Waals surface area contributed by atoms with Crippen molar-refractivity contribution in [1.82, 2.24) is 0 Å². The molecule has 0 heterocycles. The van der Waals surface area contributed by atoms with Crippen molar-refractivity contribution in [2.24, 2.45) is 0 Å². The molecular formula is C17H16F4O6S2. The first-order chi connectivity index (χ1) is 13.0. The average molecular weight is 456 g/mol. The summed E-state index contributed by atoms with van der Waals surface area (Å²) in [6.45, 7) is 2.78. The zero-order chi connectivity index (χ0) is 22.4. The van der Waals surface area contributed by atoms with E-state index in [9.17, 15) is 34.4 Å². The second-order valence-electron chi connectivity index (χ2n) is 6.74. The van der Waals surface area contributed by atoms with Gasteiger partial charge in [0.25, 0.3) is 0 Å². The van der Waals surface area contributed by atoms with Crippen molar-refractivity contribution >= 4 is 20.2 Å². The molecule has 0 saturated carbocycles. The number of rotatable bonds is 6. The minimum absolute atomic E-state index is 0.0936. The van der Waals surface area contributed by atoms with Gasteiger partial charge < -0.3 is 8.37 Å². The van der Waals surface area contributed by atoms with Gasteiger partial charge in [0, 0.05) is 5.41 Å². The second-order valence-corrected chi connectivity index (χ2v) is 9.89. The maximum absolute atomic E-state index is 14.2. The Morgan fingerprint density at radius 2 is 0.897 bits per heavy atom. The highest BCUT2D eigenvalue weighted by Crippen LogP contribution is 2.38. The van der Waals surface area contributed by atoms with Crippen LogP contribution in [-0.2, 0) is 25.7 Å². The Kier molecular flexibility index (Phi) is 5.92. The summed E-state index contributed by atoms with van der Waals surface area (Å²) in [5, 5.41) is 0. The lowest BCUT2D eigenvalue weighted by Gasteiger charge is -2.27. The van der Waals surface area contributed by atoms with Crippen LogP contribution in [0, 0.1) is 23.3 Å². The largest absolute Gasteiger partial charge is 0.376 e. The molecule has 0 saturated heterocycles. The molecule has 0 fully saturated rings. The van der Waals surface area contributed by atoms with E-state index in [1.807, 2.05) is 0 Å². The second kappa shape index (κ2) is 7.48. The highest BCUT2D eigenvalue weighted by Gasteiger charge is 2.30. The molecule has 2 rings (SSSR count). The lowest BCUT2D eigenvalue weighted by Crippen LogP contribution is -2.21. The Morgan fingerprint density at radius 1 is 0.655 bits per heavy atom. The zero-order valence-corrected chi connectivity index (χ0v) is 17.2. The van der Waals surface area contributed by atoms with E-state index in [1.165, 1.54) is 13.8 Å². The van der Waals surface area contributed by atoms with Gasteiger partial charge in [0.15, 0.2) is 23.3 Å². The molecule has 0 N–H and O–H groups in total. The molecule has 0 radical (unpaired) electrons. The maximum atomic E-state index is 14.2. The molecule has 12 heteroatoms. The molecule has 0 atom stereocenters. The van der Waals surface area contributed by atoms with Crippen molar-refractivity contribution in [3.05, 3.63) is 58.7 Å². The van der Waals surface area contributed by atoms with Crippen molar-refractivity contribution in [3.8, 4) is 11.5 Å². The Bertz CT molecular complexity index is 1040. The van der Waals surface area contributed by atoms with Crippen LogP contribution in [-0.4, -0.2) is 29.3 Å². The average Bonchev–Trinajstić information content (AvgIpc) is 2.52. The molecule has 2 aromatic rings. The van der Waals surface area contributed by atoms with E-state index < -0.39 is 60.4 Å². The first-order valence-corrected chi connectivity index (χ1v) is 11.4. The van der Waals surface area contributed by atoms with Crippen molar-refractivity contribution in [2.45, 2.75) is 19.3 Å². The minimum Gasteiger partial charge on any atom is -0.376 e. The lowest BCUT2D eigenvalue weighted by molar-refractivity contribution is 0.431. The zero-order valence-electron chi connectivity index (χ0n) is 15.6. The van der Waals surface area contributed by atoms with Gasteiger partial charge in [-0.15, -0.1) is 0 Å². The Balaban J connectivity index is 2.56. The van der Waals surface area contributed by atoms with Gasteiger partial charge in [-0.25, -0.2) is 17.6 Å². The molecule has 0 aliphatic heterocycles. The fourth-order valence-electron chi connectivity index (χ4n) is 2.47. The van der Waals surface area contributed by atoms with Crippen LogP contribution in [0.2, 0.25) is 0 Å². The molecule has 0 amide bonds. The van der Waals surface area contributed by atoms with Crippen LogP contribution in [0.1, 0.15) is 25.0 Å². The summed E-state index contributed by atoms with van der Waals surface area (Å²) in [4.78, 5) is 0. The Morgan fingerprint density at radius 3 is 1.10 bits per heavy atom. The molecule has 0 aliphatic carbocycles. The van der Waals surface area contributed by atoms with Gasteiger partial charge in [-0.1, -0.05) is 13.8 Å². The van der Waals surface area contributed by atoms with E-state index in [0.717, 1.165) is 24.3 Å². The van der Waals surface area contributed by atoms with Crippen LogP contribution >= 0.6 is 0 Å². The monoisotopic (exact) mass is 456 g/mol. The van der Waals surface area contributed by atoms with Crippen LogP contribution in [0.5, 0.6) is 11.5 Å². The van der Waals surface area contributed by atoms with Crippen molar-refractivity contribution in [3.63, 3.8) is 0 Å². The molecule has 0 unspecified atom stereocenters. The van der Waals surface area contributed by atoms with Gasteiger partial charge in [0.1, 0.15) is 0 Å². The van der Waals surface area contributed by atoms with Gasteiger partial charge in [0.2, 0.25) is 11.5 Å². The standard InChI is InChI=1S/C17H16F4O6S2/c1-17(2,9-5-11(18)15(12(19)6-9)26-28(3,22)23)10-7-13(20)16(14(21)8-10)27-29(4,24)25/h5-8H,1-4H3. The summed E-state index contributed by atoms with van der Waals surface area (Å²) >= 11 is 0. The highest BCUT2D eigenvalue weighted by molar-refractivity contribution is 7.86. The van der Waals surface area contributed by atoms with Crippen LogP contribution in [0.15, 0.2) is 24.3 Å². The van der Waals surface area contributed by atoms with E-state index in [4.69, 9.17) is 0 Å². The fourth-order valence-corrected chi connectivity index (χ4v) is 3.39. The third-order valence-corrected chi connectivity index (χ3v) is 4.85. The van der Waals surface area contributed by atoms with Gasteiger partial charge in [-0.05, 0) is 35.4 Å². The van der Waals surface area contributed by atoms with E-state index in [0.29, 0.717) is 12.5 Å². The fraction of sp³-hybridized carbons (Fsp3) is 0.294. The van der Waals surface area contributed by atoms with E-state index >= 15 is 0 Å². The Hall–Kier alpha value is -2.34. The molecular weight excluding hydrogens is 440 g/mol. The van der Waals surface area contributed by atoms with Gasteiger partial charge >= 0.3 is 20.2 Å². The topological polar surface area (TPSA) is 86.7 Å². The van der Waals surface area contributed by atoms with Crippen LogP contribution in [0.3, 0.4) is 0 Å². The summed E-state index contributed by atoms with van der Waals surface area (Å²) < 4.78 is 110. The van der Waals surface area contributed by atoms with Gasteiger partial charge in [0.05, 0.1) is 12.5 Å². The third kappa shape index (κ3) is 5.38. The summed E-state index contributed by atoms with van der Waals surface area (Å²) in [5.41, 5.74) is -1.57. The number of hydrogen-bond donors (Lipinski definition) is 0. The summed E-state index contributed by atoms with van der Waals surface area (Å²) in [6.07, 6.45) is 1.21. The van der Waals surface area contributed by atoms with E-state index in [1.54, 1.807) is 0 Å². The van der Waals surface area contributed by atoms with Crippen molar-refractivity contribution in [2.75, 3.05) is 12.5 Å². The first-order valence-electron chi connectivity index (χ1n) is 7.79. The van der Waals surface area contributed by atoms with Gasteiger partial charge in [-0.2, -0.15) is 16.8 Å². The first kappa shape index (κ1) is 22.9.